The highest BCUT2D eigenvalue weighted by atomic mass is 32.2. The Hall–Kier alpha value is -1.76. The van der Waals surface area contributed by atoms with Gasteiger partial charge in [0, 0.05) is 24.4 Å². The molecule has 0 radical (unpaired) electrons. The molecule has 4 nitrogen and oxygen atoms in total. The molecule has 0 bridgehead atoms. The van der Waals surface area contributed by atoms with E-state index in [0.29, 0.717) is 0 Å². The van der Waals surface area contributed by atoms with Gasteiger partial charge in [-0.2, -0.15) is 0 Å². The molecule has 1 saturated carbocycles. The third-order valence-electron chi connectivity index (χ3n) is 5.05. The van der Waals surface area contributed by atoms with Gasteiger partial charge in [0.25, 0.3) is 0 Å². The topological polar surface area (TPSA) is 86.2 Å². The van der Waals surface area contributed by atoms with E-state index in [4.69, 9.17) is 11.5 Å². The molecule has 0 aliphatic heterocycles. The van der Waals surface area contributed by atoms with Crippen LogP contribution in [-0.2, 0) is 9.84 Å². The molecule has 128 valence electrons. The van der Waals surface area contributed by atoms with E-state index >= 15 is 0 Å². The van der Waals surface area contributed by atoms with Crippen molar-refractivity contribution < 1.29 is 12.8 Å². The summed E-state index contributed by atoms with van der Waals surface area (Å²) in [6.07, 6.45) is 0. The van der Waals surface area contributed by atoms with Crippen LogP contribution in [0.15, 0.2) is 53.4 Å². The zero-order valence-corrected chi connectivity index (χ0v) is 14.3. The Morgan fingerprint density at radius 1 is 1.00 bits per heavy atom. The Balaban J connectivity index is 2.04. The highest BCUT2D eigenvalue weighted by molar-refractivity contribution is 7.92. The van der Waals surface area contributed by atoms with Crippen molar-refractivity contribution >= 4 is 9.84 Å². The molecular formula is C18H21FN2O2S. The molecule has 1 aliphatic carbocycles. The predicted molar refractivity (Wildman–Crippen MR) is 91.8 cm³/mol. The zero-order chi connectivity index (χ0) is 17.5. The quantitative estimate of drug-likeness (QED) is 0.865. The van der Waals surface area contributed by atoms with Crippen molar-refractivity contribution in [3.8, 4) is 0 Å². The highest BCUT2D eigenvalue weighted by Crippen LogP contribution is 2.62. The van der Waals surface area contributed by atoms with Crippen LogP contribution in [0.5, 0.6) is 0 Å². The molecule has 4 N–H and O–H groups in total. The molecule has 0 amide bonds. The van der Waals surface area contributed by atoms with Gasteiger partial charge in [-0.05, 0) is 36.8 Å². The van der Waals surface area contributed by atoms with E-state index in [-0.39, 0.29) is 29.7 Å². The maximum absolute atomic E-state index is 13.2. The minimum absolute atomic E-state index is 0.168. The minimum atomic E-state index is -3.58. The summed E-state index contributed by atoms with van der Waals surface area (Å²) in [7, 11) is -3.58. The average molecular weight is 348 g/mol. The molecule has 24 heavy (non-hydrogen) atoms. The van der Waals surface area contributed by atoms with Crippen molar-refractivity contribution in [2.24, 2.45) is 16.9 Å². The van der Waals surface area contributed by atoms with Gasteiger partial charge in [0.15, 0.2) is 9.84 Å². The molecular weight excluding hydrogens is 327 g/mol. The fourth-order valence-electron chi connectivity index (χ4n) is 3.56. The summed E-state index contributed by atoms with van der Waals surface area (Å²) in [4.78, 5) is 0.272. The second kappa shape index (κ2) is 5.95. The summed E-state index contributed by atoms with van der Waals surface area (Å²) in [6.45, 7) is 2.24. The summed E-state index contributed by atoms with van der Waals surface area (Å²) < 4.78 is 39.4. The number of rotatable bonds is 5. The number of sulfone groups is 1. The lowest BCUT2D eigenvalue weighted by atomic mass is 9.99. The molecule has 0 heterocycles. The molecule has 2 aromatic carbocycles. The van der Waals surface area contributed by atoms with E-state index in [0.717, 1.165) is 11.1 Å². The van der Waals surface area contributed by atoms with Gasteiger partial charge in [0.2, 0.25) is 0 Å². The highest BCUT2D eigenvalue weighted by Gasteiger charge is 2.69. The average Bonchev–Trinajstić information content (AvgIpc) is 3.26. The maximum Gasteiger partial charge on any atom is 0.182 e. The molecule has 1 fully saturated rings. The third kappa shape index (κ3) is 2.55. The molecule has 1 aliphatic rings. The first-order valence-electron chi connectivity index (χ1n) is 7.83. The van der Waals surface area contributed by atoms with Crippen LogP contribution >= 0.6 is 0 Å². The first-order valence-corrected chi connectivity index (χ1v) is 9.37. The smallest absolute Gasteiger partial charge is 0.182 e. The maximum atomic E-state index is 13.2. The summed E-state index contributed by atoms with van der Waals surface area (Å²) in [5.74, 6) is -0.678. The number of nitrogens with two attached hydrogens (primary N) is 2. The molecule has 0 spiro atoms. The Labute approximate surface area is 141 Å². The molecule has 3 rings (SSSR count). The second-order valence-electron chi connectivity index (χ2n) is 6.45. The monoisotopic (exact) mass is 348 g/mol. The van der Waals surface area contributed by atoms with Crippen molar-refractivity contribution in [3.05, 3.63) is 65.5 Å². The number of halogens is 1. The third-order valence-corrected chi connectivity index (χ3v) is 7.39. The van der Waals surface area contributed by atoms with Crippen molar-refractivity contribution in [1.82, 2.24) is 0 Å². The SMILES string of the molecule is Cc1ccc(S(=O)(=O)C2C(c3ccc(F)cc3)C2(CN)CN)cc1. The lowest BCUT2D eigenvalue weighted by Gasteiger charge is -2.13. The summed E-state index contributed by atoms with van der Waals surface area (Å²) in [5, 5.41) is -0.687. The van der Waals surface area contributed by atoms with Crippen LogP contribution in [0, 0.1) is 18.2 Å². The molecule has 2 atom stereocenters. The number of hydrogen-bond acceptors (Lipinski definition) is 4. The molecule has 2 aromatic rings. The van der Waals surface area contributed by atoms with Gasteiger partial charge in [-0.25, -0.2) is 12.8 Å². The number of hydrogen-bond donors (Lipinski definition) is 2. The van der Waals surface area contributed by atoms with Gasteiger partial charge in [-0.15, -0.1) is 0 Å². The van der Waals surface area contributed by atoms with E-state index in [1.165, 1.54) is 12.1 Å². The molecule has 6 heteroatoms. The van der Waals surface area contributed by atoms with Crippen LogP contribution in [0.3, 0.4) is 0 Å². The Bertz CT molecular complexity index is 828. The van der Waals surface area contributed by atoms with Gasteiger partial charge in [-0.3, -0.25) is 0 Å². The largest absolute Gasteiger partial charge is 0.330 e. The fourth-order valence-corrected chi connectivity index (χ4v) is 6.04. The first-order chi connectivity index (χ1) is 11.4. The first kappa shape index (κ1) is 17.1. The van der Waals surface area contributed by atoms with Gasteiger partial charge in [0.05, 0.1) is 10.1 Å². The summed E-state index contributed by atoms with van der Waals surface area (Å²) >= 11 is 0. The van der Waals surface area contributed by atoms with E-state index in [2.05, 4.69) is 0 Å². The lowest BCUT2D eigenvalue weighted by molar-refractivity contribution is 0.509. The molecule has 0 aromatic heterocycles. The molecule has 0 saturated heterocycles. The normalized spacial score (nSPS) is 22.3. The summed E-state index contributed by atoms with van der Waals surface area (Å²) in [6, 6.07) is 12.7. The Morgan fingerprint density at radius 2 is 1.54 bits per heavy atom. The fraction of sp³-hybridized carbons (Fsp3) is 0.333. The van der Waals surface area contributed by atoms with Crippen LogP contribution in [0.2, 0.25) is 0 Å². The van der Waals surface area contributed by atoms with Crippen LogP contribution < -0.4 is 11.5 Å². The predicted octanol–water partition coefficient (Wildman–Crippen LogP) is 1.98. The van der Waals surface area contributed by atoms with Gasteiger partial charge in [-0.1, -0.05) is 29.8 Å². The van der Waals surface area contributed by atoms with Crippen LogP contribution in [0.4, 0.5) is 4.39 Å². The van der Waals surface area contributed by atoms with Gasteiger partial charge < -0.3 is 11.5 Å². The van der Waals surface area contributed by atoms with Gasteiger partial charge in [0.1, 0.15) is 5.82 Å². The van der Waals surface area contributed by atoms with Crippen LogP contribution in [-0.4, -0.2) is 26.8 Å². The van der Waals surface area contributed by atoms with E-state index in [1.807, 2.05) is 6.92 Å². The Kier molecular flexibility index (Phi) is 4.23. The van der Waals surface area contributed by atoms with Crippen molar-refractivity contribution in [3.63, 3.8) is 0 Å². The van der Waals surface area contributed by atoms with Crippen LogP contribution in [0.25, 0.3) is 0 Å². The molecule has 2 unspecified atom stereocenters. The van der Waals surface area contributed by atoms with Crippen molar-refractivity contribution in [2.45, 2.75) is 23.0 Å². The van der Waals surface area contributed by atoms with E-state index in [9.17, 15) is 12.8 Å². The minimum Gasteiger partial charge on any atom is -0.330 e. The standard InChI is InChI=1S/C18H21FN2O2S/c1-12-2-8-15(9-3-12)24(22,23)17-16(18(17,10-20)11-21)13-4-6-14(19)7-5-13/h2-9,16-17H,10-11,20-21H2,1H3. The lowest BCUT2D eigenvalue weighted by Crippen LogP contribution is -2.31. The summed E-state index contributed by atoms with van der Waals surface area (Å²) in [5.41, 5.74) is 12.9. The van der Waals surface area contributed by atoms with Crippen molar-refractivity contribution in [2.75, 3.05) is 13.1 Å². The van der Waals surface area contributed by atoms with E-state index in [1.54, 1.807) is 36.4 Å². The Morgan fingerprint density at radius 3 is 2.04 bits per heavy atom. The number of aryl methyl sites for hydroxylation is 1. The van der Waals surface area contributed by atoms with Crippen molar-refractivity contribution in [1.29, 1.82) is 0 Å². The van der Waals surface area contributed by atoms with Crippen LogP contribution in [0.1, 0.15) is 17.0 Å². The second-order valence-corrected chi connectivity index (χ2v) is 8.52. The van der Waals surface area contributed by atoms with Gasteiger partial charge >= 0.3 is 0 Å². The zero-order valence-electron chi connectivity index (χ0n) is 13.4. The van der Waals surface area contributed by atoms with E-state index < -0.39 is 20.5 Å². The number of benzene rings is 2.